The van der Waals surface area contributed by atoms with Crippen molar-refractivity contribution in [2.24, 2.45) is 5.73 Å². The first-order valence-electron chi connectivity index (χ1n) is 6.52. The molecule has 0 bridgehead atoms. The van der Waals surface area contributed by atoms with Gasteiger partial charge in [0.1, 0.15) is 0 Å². The molecule has 0 saturated heterocycles. The molecule has 2 rings (SSSR count). The number of aromatic nitrogens is 2. The van der Waals surface area contributed by atoms with Crippen molar-refractivity contribution in [2.75, 3.05) is 20.1 Å². The lowest BCUT2D eigenvalue weighted by molar-refractivity contribution is 0.248. The summed E-state index contributed by atoms with van der Waals surface area (Å²) in [6, 6.07) is 12.1. The molecular weight excluding hydrogens is 236 g/mol. The summed E-state index contributed by atoms with van der Waals surface area (Å²) in [7, 11) is 2.08. The maximum Gasteiger partial charge on any atom is 0.0642 e. The van der Waals surface area contributed by atoms with Crippen LogP contribution in [0.1, 0.15) is 17.4 Å². The van der Waals surface area contributed by atoms with Gasteiger partial charge in [-0.05, 0) is 31.3 Å². The van der Waals surface area contributed by atoms with Gasteiger partial charge in [-0.15, -0.1) is 0 Å². The highest BCUT2D eigenvalue weighted by atomic mass is 15.1. The monoisotopic (exact) mass is 256 g/mol. The van der Waals surface area contributed by atoms with E-state index >= 15 is 0 Å². The third kappa shape index (κ3) is 3.84. The van der Waals surface area contributed by atoms with Crippen LogP contribution in [0.3, 0.4) is 0 Å². The molecule has 1 unspecified atom stereocenters. The van der Waals surface area contributed by atoms with Crippen molar-refractivity contribution >= 4 is 0 Å². The number of hydrogen-bond donors (Lipinski definition) is 1. The zero-order valence-electron chi connectivity index (χ0n) is 11.2. The molecule has 2 aromatic heterocycles. The van der Waals surface area contributed by atoms with Crippen molar-refractivity contribution in [1.29, 1.82) is 0 Å². The minimum absolute atomic E-state index is 0.157. The van der Waals surface area contributed by atoms with Gasteiger partial charge in [-0.1, -0.05) is 12.1 Å². The van der Waals surface area contributed by atoms with Gasteiger partial charge in [0.25, 0.3) is 0 Å². The third-order valence-corrected chi connectivity index (χ3v) is 3.23. The second-order valence-electron chi connectivity index (χ2n) is 4.56. The zero-order valence-corrected chi connectivity index (χ0v) is 11.2. The second kappa shape index (κ2) is 6.97. The van der Waals surface area contributed by atoms with Crippen LogP contribution in [0.5, 0.6) is 0 Å². The molecule has 2 N–H and O–H groups in total. The van der Waals surface area contributed by atoms with Gasteiger partial charge in [0, 0.05) is 37.6 Å². The molecule has 0 radical (unpaired) electrons. The van der Waals surface area contributed by atoms with Gasteiger partial charge >= 0.3 is 0 Å². The first-order chi connectivity index (χ1) is 9.31. The standard InChI is InChI=1S/C15H20N4/c1-19(11-8-13-6-2-4-9-17-13)15(12-16)14-7-3-5-10-18-14/h2-7,9-10,15H,8,11-12,16H2,1H3. The van der Waals surface area contributed by atoms with E-state index in [1.165, 1.54) is 0 Å². The Kier molecular flexibility index (Phi) is 5.01. The van der Waals surface area contributed by atoms with Crippen LogP contribution in [0.15, 0.2) is 48.8 Å². The van der Waals surface area contributed by atoms with Crippen molar-refractivity contribution in [2.45, 2.75) is 12.5 Å². The van der Waals surface area contributed by atoms with E-state index in [-0.39, 0.29) is 6.04 Å². The van der Waals surface area contributed by atoms with E-state index in [0.717, 1.165) is 24.4 Å². The Morgan fingerprint density at radius 2 is 1.84 bits per heavy atom. The smallest absolute Gasteiger partial charge is 0.0642 e. The maximum atomic E-state index is 5.88. The first-order valence-corrected chi connectivity index (χ1v) is 6.52. The summed E-state index contributed by atoms with van der Waals surface area (Å²) in [5.41, 5.74) is 8.00. The van der Waals surface area contributed by atoms with Crippen LogP contribution in [0, 0.1) is 0 Å². The minimum atomic E-state index is 0.157. The van der Waals surface area contributed by atoms with Crippen molar-refractivity contribution < 1.29 is 0 Å². The zero-order chi connectivity index (χ0) is 13.5. The molecular formula is C15H20N4. The summed E-state index contributed by atoms with van der Waals surface area (Å²) >= 11 is 0. The Morgan fingerprint density at radius 3 is 2.42 bits per heavy atom. The van der Waals surface area contributed by atoms with E-state index < -0.39 is 0 Å². The Balaban J connectivity index is 1.96. The molecule has 0 aliphatic rings. The maximum absolute atomic E-state index is 5.88. The molecule has 2 heterocycles. The quantitative estimate of drug-likeness (QED) is 0.854. The van der Waals surface area contributed by atoms with Crippen molar-refractivity contribution in [1.82, 2.24) is 14.9 Å². The molecule has 0 aliphatic carbocycles. The molecule has 4 heteroatoms. The van der Waals surface area contributed by atoms with Crippen LogP contribution in [0.2, 0.25) is 0 Å². The molecule has 0 spiro atoms. The average Bonchev–Trinajstić information content (AvgIpc) is 2.48. The fourth-order valence-corrected chi connectivity index (χ4v) is 2.09. The van der Waals surface area contributed by atoms with Gasteiger partial charge in [0.05, 0.1) is 11.7 Å². The summed E-state index contributed by atoms with van der Waals surface area (Å²) in [5.74, 6) is 0. The highest BCUT2D eigenvalue weighted by molar-refractivity contribution is 5.10. The Bertz CT molecular complexity index is 472. The highest BCUT2D eigenvalue weighted by Crippen LogP contribution is 2.15. The average molecular weight is 256 g/mol. The van der Waals surface area contributed by atoms with E-state index in [2.05, 4.69) is 21.9 Å². The van der Waals surface area contributed by atoms with Crippen LogP contribution in [0.25, 0.3) is 0 Å². The summed E-state index contributed by atoms with van der Waals surface area (Å²) in [4.78, 5) is 11.0. The lowest BCUT2D eigenvalue weighted by atomic mass is 10.1. The molecule has 0 amide bonds. The summed E-state index contributed by atoms with van der Waals surface area (Å²) in [6.45, 7) is 1.48. The molecule has 19 heavy (non-hydrogen) atoms. The molecule has 4 nitrogen and oxygen atoms in total. The van der Waals surface area contributed by atoms with Crippen molar-refractivity contribution in [3.05, 3.63) is 60.2 Å². The van der Waals surface area contributed by atoms with Crippen LogP contribution in [-0.2, 0) is 6.42 Å². The number of nitrogens with two attached hydrogens (primary N) is 1. The second-order valence-corrected chi connectivity index (χ2v) is 4.56. The van der Waals surface area contributed by atoms with E-state index in [1.807, 2.05) is 48.8 Å². The van der Waals surface area contributed by atoms with Gasteiger partial charge in [-0.25, -0.2) is 0 Å². The number of hydrogen-bond acceptors (Lipinski definition) is 4. The predicted molar refractivity (Wildman–Crippen MR) is 76.6 cm³/mol. The Hall–Kier alpha value is -1.78. The van der Waals surface area contributed by atoms with Crippen LogP contribution < -0.4 is 5.73 Å². The molecule has 0 aliphatic heterocycles. The van der Waals surface area contributed by atoms with E-state index in [4.69, 9.17) is 5.73 Å². The van der Waals surface area contributed by atoms with Gasteiger partial charge < -0.3 is 5.73 Å². The van der Waals surface area contributed by atoms with Crippen molar-refractivity contribution in [3.63, 3.8) is 0 Å². The lowest BCUT2D eigenvalue weighted by Crippen LogP contribution is -2.32. The topological polar surface area (TPSA) is 55.0 Å². The SMILES string of the molecule is CN(CCc1ccccn1)C(CN)c1ccccn1. The normalized spacial score (nSPS) is 12.6. The van der Waals surface area contributed by atoms with Crippen LogP contribution in [-0.4, -0.2) is 35.0 Å². The third-order valence-electron chi connectivity index (χ3n) is 3.23. The fourth-order valence-electron chi connectivity index (χ4n) is 2.09. The molecule has 0 fully saturated rings. The molecule has 2 aromatic rings. The number of pyridine rings is 2. The van der Waals surface area contributed by atoms with E-state index in [0.29, 0.717) is 6.54 Å². The van der Waals surface area contributed by atoms with E-state index in [9.17, 15) is 0 Å². The Labute approximate surface area is 114 Å². The van der Waals surface area contributed by atoms with Crippen molar-refractivity contribution in [3.8, 4) is 0 Å². The number of rotatable bonds is 6. The predicted octanol–water partition coefficient (Wildman–Crippen LogP) is 1.65. The summed E-state index contributed by atoms with van der Waals surface area (Å²) in [6.07, 6.45) is 4.56. The number of nitrogens with zero attached hydrogens (tertiary/aromatic N) is 3. The van der Waals surface area contributed by atoms with Crippen LogP contribution >= 0.6 is 0 Å². The highest BCUT2D eigenvalue weighted by Gasteiger charge is 2.16. The lowest BCUT2D eigenvalue weighted by Gasteiger charge is -2.26. The minimum Gasteiger partial charge on any atom is -0.329 e. The van der Waals surface area contributed by atoms with Gasteiger partial charge in [-0.2, -0.15) is 0 Å². The summed E-state index contributed by atoms with van der Waals surface area (Å²) < 4.78 is 0. The Morgan fingerprint density at radius 1 is 1.11 bits per heavy atom. The van der Waals surface area contributed by atoms with E-state index in [1.54, 1.807) is 0 Å². The molecule has 0 aromatic carbocycles. The number of likely N-dealkylation sites (N-methyl/N-ethyl adjacent to an activating group) is 1. The molecule has 100 valence electrons. The summed E-state index contributed by atoms with van der Waals surface area (Å²) in [5, 5.41) is 0. The fraction of sp³-hybridized carbons (Fsp3) is 0.333. The largest absolute Gasteiger partial charge is 0.329 e. The molecule has 0 saturated carbocycles. The van der Waals surface area contributed by atoms with Gasteiger partial charge in [0.2, 0.25) is 0 Å². The first kappa shape index (κ1) is 13.6. The molecule has 1 atom stereocenters. The van der Waals surface area contributed by atoms with Gasteiger partial charge in [-0.3, -0.25) is 14.9 Å². The van der Waals surface area contributed by atoms with Gasteiger partial charge in [0.15, 0.2) is 0 Å². The van der Waals surface area contributed by atoms with Crippen LogP contribution in [0.4, 0.5) is 0 Å².